The molecule has 0 radical (unpaired) electrons. The predicted octanol–water partition coefficient (Wildman–Crippen LogP) is 4.29. The second-order valence-electron chi connectivity index (χ2n) is 4.45. The first-order valence-corrected chi connectivity index (χ1v) is 8.35. The van der Waals surface area contributed by atoms with E-state index in [2.05, 4.69) is 15.9 Å². The molecule has 0 aromatic heterocycles. The fourth-order valence-electron chi connectivity index (χ4n) is 1.98. The molecule has 2 amide bonds. The summed E-state index contributed by atoms with van der Waals surface area (Å²) in [5.74, 6) is 0.470. The van der Waals surface area contributed by atoms with Crippen molar-refractivity contribution in [2.24, 2.45) is 0 Å². The smallest absolute Gasteiger partial charge is 0.293 e. The molecule has 1 aliphatic heterocycles. The van der Waals surface area contributed by atoms with E-state index in [1.165, 1.54) is 4.90 Å². The average Bonchev–Trinajstić information content (AvgIpc) is 2.70. The van der Waals surface area contributed by atoms with Crippen molar-refractivity contribution in [3.8, 4) is 5.75 Å². The number of nitrogens with zero attached hydrogens (tertiary/aromatic N) is 1. The van der Waals surface area contributed by atoms with Gasteiger partial charge >= 0.3 is 0 Å². The van der Waals surface area contributed by atoms with E-state index >= 15 is 0 Å². The van der Waals surface area contributed by atoms with Crippen LogP contribution in [-0.2, 0) is 4.79 Å². The molecule has 0 N–H and O–H groups in total. The fraction of sp³-hybridized carbons (Fsp3) is 0.333. The number of carbonyl (C=O) groups excluding carboxylic acids is 2. The van der Waals surface area contributed by atoms with E-state index in [1.807, 2.05) is 32.0 Å². The van der Waals surface area contributed by atoms with Gasteiger partial charge in [0.05, 0.1) is 11.5 Å². The van der Waals surface area contributed by atoms with Crippen molar-refractivity contribution >= 4 is 44.9 Å². The number of hydrogen-bond acceptors (Lipinski definition) is 4. The van der Waals surface area contributed by atoms with Crippen molar-refractivity contribution < 1.29 is 14.3 Å². The maximum atomic E-state index is 12.2. The lowest BCUT2D eigenvalue weighted by Crippen LogP contribution is -2.28. The van der Waals surface area contributed by atoms with E-state index in [4.69, 9.17) is 4.74 Å². The number of halogens is 1. The molecule has 1 aromatic carbocycles. The van der Waals surface area contributed by atoms with Crippen LogP contribution in [0.5, 0.6) is 5.75 Å². The molecule has 1 fully saturated rings. The first kappa shape index (κ1) is 16.1. The molecule has 4 nitrogen and oxygen atoms in total. The minimum atomic E-state index is -0.228. The summed E-state index contributed by atoms with van der Waals surface area (Å²) in [5.41, 5.74) is 0.785. The Labute approximate surface area is 136 Å². The molecular weight excluding hydrogens is 354 g/mol. The van der Waals surface area contributed by atoms with Crippen LogP contribution in [0.25, 0.3) is 6.08 Å². The Balaban J connectivity index is 2.34. The maximum absolute atomic E-state index is 12.2. The van der Waals surface area contributed by atoms with Crippen molar-refractivity contribution in [2.75, 3.05) is 13.2 Å². The number of hydrogen-bond donors (Lipinski definition) is 0. The monoisotopic (exact) mass is 369 g/mol. The summed E-state index contributed by atoms with van der Waals surface area (Å²) in [6.45, 7) is 4.84. The van der Waals surface area contributed by atoms with Crippen LogP contribution in [0.15, 0.2) is 27.6 Å². The van der Waals surface area contributed by atoms with Gasteiger partial charge in [-0.15, -0.1) is 0 Å². The molecule has 0 saturated carbocycles. The van der Waals surface area contributed by atoms with Crippen LogP contribution in [0.3, 0.4) is 0 Å². The van der Waals surface area contributed by atoms with Crippen molar-refractivity contribution in [1.29, 1.82) is 0 Å². The number of rotatable bonds is 5. The standard InChI is InChI=1S/C15H16BrNO3S/c1-3-7-17-14(18)13(21-15(17)19)9-10-8-11(16)5-6-12(10)20-4-2/h5-6,8-9H,3-4,7H2,1-2H3/b13-9-. The van der Waals surface area contributed by atoms with Crippen LogP contribution < -0.4 is 4.74 Å². The first-order valence-electron chi connectivity index (χ1n) is 6.74. The lowest BCUT2D eigenvalue weighted by atomic mass is 10.2. The summed E-state index contributed by atoms with van der Waals surface area (Å²) in [5, 5.41) is -0.207. The molecule has 0 aliphatic carbocycles. The number of thioether (sulfide) groups is 1. The van der Waals surface area contributed by atoms with E-state index in [1.54, 1.807) is 6.08 Å². The van der Waals surface area contributed by atoms with Gasteiger partial charge in [-0.3, -0.25) is 14.5 Å². The highest BCUT2D eigenvalue weighted by Crippen LogP contribution is 2.34. The Bertz CT molecular complexity index is 601. The summed E-state index contributed by atoms with van der Waals surface area (Å²) in [6, 6.07) is 5.60. The van der Waals surface area contributed by atoms with Crippen molar-refractivity contribution in [3.63, 3.8) is 0 Å². The molecule has 1 saturated heterocycles. The molecule has 0 unspecified atom stereocenters. The van der Waals surface area contributed by atoms with Gasteiger partial charge in [0.2, 0.25) is 0 Å². The molecule has 0 bridgehead atoms. The third-order valence-corrected chi connectivity index (χ3v) is 4.28. The minimum absolute atomic E-state index is 0.207. The normalized spacial score (nSPS) is 16.9. The molecule has 6 heteroatoms. The minimum Gasteiger partial charge on any atom is -0.493 e. The van der Waals surface area contributed by atoms with E-state index < -0.39 is 0 Å². The number of benzene rings is 1. The van der Waals surface area contributed by atoms with Crippen LogP contribution >= 0.6 is 27.7 Å². The molecular formula is C15H16BrNO3S. The van der Waals surface area contributed by atoms with Crippen LogP contribution in [0.4, 0.5) is 4.79 Å². The fourth-order valence-corrected chi connectivity index (χ4v) is 3.21. The first-order chi connectivity index (χ1) is 10.1. The molecule has 0 atom stereocenters. The van der Waals surface area contributed by atoms with Crippen LogP contribution in [0, 0.1) is 0 Å². The van der Waals surface area contributed by atoms with Gasteiger partial charge in [-0.2, -0.15) is 0 Å². The summed E-state index contributed by atoms with van der Waals surface area (Å²) >= 11 is 4.38. The Hall–Kier alpha value is -1.27. The number of imide groups is 1. The van der Waals surface area contributed by atoms with Crippen LogP contribution in [-0.4, -0.2) is 29.2 Å². The quantitative estimate of drug-likeness (QED) is 0.726. The van der Waals surface area contributed by atoms with Gasteiger partial charge in [0.1, 0.15) is 5.75 Å². The molecule has 0 spiro atoms. The lowest BCUT2D eigenvalue weighted by molar-refractivity contribution is -0.122. The summed E-state index contributed by atoms with van der Waals surface area (Å²) in [6.07, 6.45) is 2.47. The second kappa shape index (κ2) is 7.13. The zero-order valence-corrected chi connectivity index (χ0v) is 14.3. The van der Waals surface area contributed by atoms with E-state index in [0.717, 1.165) is 28.2 Å². The van der Waals surface area contributed by atoms with Crippen molar-refractivity contribution in [1.82, 2.24) is 4.90 Å². The maximum Gasteiger partial charge on any atom is 0.293 e. The van der Waals surface area contributed by atoms with Gasteiger partial charge in [0.15, 0.2) is 0 Å². The predicted molar refractivity (Wildman–Crippen MR) is 88.3 cm³/mol. The van der Waals surface area contributed by atoms with E-state index in [0.29, 0.717) is 23.8 Å². The van der Waals surface area contributed by atoms with Gasteiger partial charge in [0, 0.05) is 16.6 Å². The van der Waals surface area contributed by atoms with Crippen LogP contribution in [0.2, 0.25) is 0 Å². The molecule has 1 heterocycles. The molecule has 1 aliphatic rings. The Morgan fingerprint density at radius 1 is 1.33 bits per heavy atom. The zero-order chi connectivity index (χ0) is 15.4. The summed E-state index contributed by atoms with van der Waals surface area (Å²) < 4.78 is 6.45. The topological polar surface area (TPSA) is 46.6 Å². The Morgan fingerprint density at radius 2 is 2.10 bits per heavy atom. The van der Waals surface area contributed by atoms with Gasteiger partial charge in [-0.1, -0.05) is 22.9 Å². The van der Waals surface area contributed by atoms with Crippen molar-refractivity contribution in [2.45, 2.75) is 20.3 Å². The molecule has 112 valence electrons. The van der Waals surface area contributed by atoms with Gasteiger partial charge in [0.25, 0.3) is 11.1 Å². The largest absolute Gasteiger partial charge is 0.493 e. The number of amides is 2. The number of ether oxygens (including phenoxy) is 1. The highest BCUT2D eigenvalue weighted by atomic mass is 79.9. The Kier molecular flexibility index (Phi) is 5.47. The molecule has 2 rings (SSSR count). The number of carbonyl (C=O) groups is 2. The van der Waals surface area contributed by atoms with Crippen molar-refractivity contribution in [3.05, 3.63) is 33.1 Å². The second-order valence-corrected chi connectivity index (χ2v) is 6.36. The van der Waals surface area contributed by atoms with E-state index in [-0.39, 0.29) is 11.1 Å². The highest BCUT2D eigenvalue weighted by molar-refractivity contribution is 9.10. The summed E-state index contributed by atoms with van der Waals surface area (Å²) in [7, 11) is 0. The third kappa shape index (κ3) is 3.68. The lowest BCUT2D eigenvalue weighted by Gasteiger charge is -2.10. The van der Waals surface area contributed by atoms with Crippen LogP contribution in [0.1, 0.15) is 25.8 Å². The average molecular weight is 370 g/mol. The molecule has 1 aromatic rings. The van der Waals surface area contributed by atoms with E-state index in [9.17, 15) is 9.59 Å². The molecule has 21 heavy (non-hydrogen) atoms. The van der Waals surface area contributed by atoms with Gasteiger partial charge < -0.3 is 4.74 Å². The Morgan fingerprint density at radius 3 is 2.76 bits per heavy atom. The zero-order valence-electron chi connectivity index (χ0n) is 11.9. The SMILES string of the molecule is CCCN1C(=O)S/C(=C\c2cc(Br)ccc2OCC)C1=O. The van der Waals surface area contributed by atoms with Gasteiger partial charge in [-0.05, 0) is 49.4 Å². The highest BCUT2D eigenvalue weighted by Gasteiger charge is 2.34. The third-order valence-electron chi connectivity index (χ3n) is 2.88. The summed E-state index contributed by atoms with van der Waals surface area (Å²) in [4.78, 5) is 25.8. The van der Waals surface area contributed by atoms with Gasteiger partial charge in [-0.25, -0.2) is 0 Å².